The van der Waals surface area contributed by atoms with Crippen molar-refractivity contribution in [1.82, 2.24) is 15.3 Å². The molecule has 0 unspecified atom stereocenters. The average molecular weight is 792 g/mol. The first kappa shape index (κ1) is 43.2. The van der Waals surface area contributed by atoms with Crippen molar-refractivity contribution in [3.05, 3.63) is 75.8 Å². The van der Waals surface area contributed by atoms with Gasteiger partial charge < -0.3 is 32.0 Å². The van der Waals surface area contributed by atoms with Gasteiger partial charge in [-0.25, -0.2) is 19.6 Å². The molecule has 2 heterocycles. The van der Waals surface area contributed by atoms with Gasteiger partial charge in [0, 0.05) is 33.8 Å². The summed E-state index contributed by atoms with van der Waals surface area (Å²) in [6, 6.07) is 17.0. The summed E-state index contributed by atoms with van der Waals surface area (Å²) in [5, 5.41) is 27.0. The minimum atomic E-state index is -0.916. The number of pyridine rings is 1. The second kappa shape index (κ2) is 21.4. The van der Waals surface area contributed by atoms with E-state index in [-0.39, 0.29) is 54.9 Å². The number of carbonyl (C=O) groups excluding carboxylic acids is 2. The van der Waals surface area contributed by atoms with Crippen molar-refractivity contribution in [2.75, 3.05) is 25.4 Å². The topological polar surface area (TPSA) is 216 Å². The van der Waals surface area contributed by atoms with Gasteiger partial charge in [-0.3, -0.25) is 0 Å². The maximum atomic E-state index is 12.5. The molecule has 7 N–H and O–H groups in total. The Balaban J connectivity index is 0.00000451. The molecule has 0 saturated carbocycles. The minimum Gasteiger partial charge on any atom is -0.492 e. The fraction of sp³-hybridized carbons (Fsp3) is 0.294. The number of nitrogens with zero attached hydrogens (tertiary/aromatic N) is 4. The number of aromatic nitrogens is 2. The third-order valence-corrected chi connectivity index (χ3v) is 9.33. The number of nitrogens with two attached hydrogens (primary N) is 3. The van der Waals surface area contributed by atoms with Crippen LogP contribution in [0.4, 0.5) is 5.82 Å². The van der Waals surface area contributed by atoms with E-state index in [2.05, 4.69) is 22.4 Å². The zero-order valence-electron chi connectivity index (χ0n) is 27.5. The molecule has 0 aliphatic rings. The van der Waals surface area contributed by atoms with Crippen LogP contribution in [0.15, 0.2) is 58.9 Å². The molecular formula is C34H37Cl3N8O4S2. The number of thioether (sulfide) groups is 1. The Labute approximate surface area is 321 Å². The summed E-state index contributed by atoms with van der Waals surface area (Å²) in [5.74, 6) is -0.517. The Hall–Kier alpha value is -3.96. The molecular weight excluding hydrogens is 755 g/mol. The Morgan fingerprint density at radius 3 is 2.29 bits per heavy atom. The highest BCUT2D eigenvalue weighted by Gasteiger charge is 2.24. The van der Waals surface area contributed by atoms with Gasteiger partial charge in [0.15, 0.2) is 0 Å². The lowest BCUT2D eigenvalue weighted by molar-refractivity contribution is -0.162. The molecule has 0 fully saturated rings. The van der Waals surface area contributed by atoms with E-state index in [1.165, 1.54) is 30.0 Å². The number of nitriles is 2. The van der Waals surface area contributed by atoms with Crippen LogP contribution >= 0.6 is 59.5 Å². The second-order valence-electron chi connectivity index (χ2n) is 10.8. The van der Waals surface area contributed by atoms with E-state index >= 15 is 0 Å². The third-order valence-electron chi connectivity index (χ3n) is 7.12. The third kappa shape index (κ3) is 12.1. The summed E-state index contributed by atoms with van der Waals surface area (Å²) in [6.07, 6.45) is 1.82. The van der Waals surface area contributed by atoms with Crippen LogP contribution in [0, 0.1) is 22.7 Å². The largest absolute Gasteiger partial charge is 0.492 e. The van der Waals surface area contributed by atoms with Crippen molar-refractivity contribution in [3.63, 3.8) is 0 Å². The van der Waals surface area contributed by atoms with Gasteiger partial charge in [0.1, 0.15) is 58.0 Å². The van der Waals surface area contributed by atoms with E-state index in [4.69, 9.17) is 43.3 Å². The Bertz CT molecular complexity index is 1850. The van der Waals surface area contributed by atoms with Gasteiger partial charge in [-0.05, 0) is 56.1 Å². The van der Waals surface area contributed by atoms with Crippen LogP contribution in [-0.2, 0) is 20.1 Å². The van der Waals surface area contributed by atoms with Gasteiger partial charge >= 0.3 is 11.9 Å². The van der Waals surface area contributed by atoms with Gasteiger partial charge in [0.25, 0.3) is 0 Å². The van der Waals surface area contributed by atoms with Crippen molar-refractivity contribution >= 4 is 77.3 Å². The van der Waals surface area contributed by atoms with E-state index in [9.17, 15) is 20.1 Å². The smallest absolute Gasteiger partial charge is 0.330 e. The Kier molecular flexibility index (Phi) is 18.1. The van der Waals surface area contributed by atoms with E-state index in [0.29, 0.717) is 52.1 Å². The first-order valence-corrected chi connectivity index (χ1v) is 17.5. The predicted octanol–water partition coefficient (Wildman–Crippen LogP) is 5.87. The molecule has 17 heteroatoms. The highest BCUT2D eigenvalue weighted by atomic mass is 35.5. The van der Waals surface area contributed by atoms with Crippen molar-refractivity contribution in [2.24, 2.45) is 11.5 Å². The van der Waals surface area contributed by atoms with Crippen LogP contribution in [0.25, 0.3) is 21.7 Å². The first-order valence-electron chi connectivity index (χ1n) is 15.3. The van der Waals surface area contributed by atoms with Gasteiger partial charge in [0.2, 0.25) is 0 Å². The van der Waals surface area contributed by atoms with Crippen molar-refractivity contribution in [2.45, 2.75) is 49.0 Å². The SMILES string of the molecule is C[C@H](N)C(=O)OC(=O)[C@H](CCCCN)NCCOc1ccc(-c2c(C#N)c(N)nc(SCc3csc(-c4ccc(Cl)cc4)n3)c2C#N)cc1.Cl.Cl. The maximum Gasteiger partial charge on any atom is 0.330 e. The van der Waals surface area contributed by atoms with E-state index < -0.39 is 24.0 Å². The molecule has 2 aromatic heterocycles. The van der Waals surface area contributed by atoms with E-state index in [0.717, 1.165) is 22.7 Å². The van der Waals surface area contributed by atoms with Crippen LogP contribution in [-0.4, -0.2) is 53.7 Å². The molecule has 0 aliphatic heterocycles. The van der Waals surface area contributed by atoms with Gasteiger partial charge in [-0.1, -0.05) is 54.0 Å². The average Bonchev–Trinajstić information content (AvgIpc) is 3.57. The Morgan fingerprint density at radius 1 is 1.00 bits per heavy atom. The van der Waals surface area contributed by atoms with Crippen molar-refractivity contribution < 1.29 is 19.1 Å². The number of esters is 2. The van der Waals surface area contributed by atoms with E-state index in [1.807, 2.05) is 29.6 Å². The van der Waals surface area contributed by atoms with Gasteiger partial charge in [-0.15, -0.1) is 36.2 Å². The summed E-state index contributed by atoms with van der Waals surface area (Å²) in [4.78, 5) is 33.4. The number of carbonyl (C=O) groups is 2. The van der Waals surface area contributed by atoms with Crippen LogP contribution in [0.1, 0.15) is 43.0 Å². The molecule has 0 radical (unpaired) electrons. The number of nitrogen functional groups attached to an aromatic ring is 1. The number of ether oxygens (including phenoxy) is 2. The summed E-state index contributed by atoms with van der Waals surface area (Å²) in [7, 11) is 0. The Morgan fingerprint density at radius 2 is 1.67 bits per heavy atom. The molecule has 12 nitrogen and oxygen atoms in total. The zero-order chi connectivity index (χ0) is 35.3. The minimum absolute atomic E-state index is 0. The van der Waals surface area contributed by atoms with Crippen molar-refractivity contribution in [3.8, 4) is 39.6 Å². The number of halogens is 3. The normalized spacial score (nSPS) is 11.6. The lowest BCUT2D eigenvalue weighted by atomic mass is 9.97. The molecule has 270 valence electrons. The molecule has 0 amide bonds. The number of anilines is 1. The lowest BCUT2D eigenvalue weighted by Crippen LogP contribution is -2.43. The summed E-state index contributed by atoms with van der Waals surface area (Å²) >= 11 is 8.83. The first-order chi connectivity index (χ1) is 23.6. The predicted molar refractivity (Wildman–Crippen MR) is 205 cm³/mol. The molecule has 4 aromatic rings. The zero-order valence-corrected chi connectivity index (χ0v) is 31.5. The molecule has 0 aliphatic carbocycles. The molecule has 2 atom stereocenters. The monoisotopic (exact) mass is 790 g/mol. The number of rotatable bonds is 16. The number of hydrogen-bond acceptors (Lipinski definition) is 14. The number of benzene rings is 2. The molecule has 4 rings (SSSR count). The molecule has 0 saturated heterocycles. The quantitative estimate of drug-likeness (QED) is 0.0453. The maximum absolute atomic E-state index is 12.5. The van der Waals surface area contributed by atoms with Gasteiger partial charge in [-0.2, -0.15) is 10.5 Å². The molecule has 51 heavy (non-hydrogen) atoms. The fourth-order valence-electron chi connectivity index (χ4n) is 4.61. The summed E-state index contributed by atoms with van der Waals surface area (Å²) in [6.45, 7) is 2.41. The van der Waals surface area contributed by atoms with Crippen LogP contribution < -0.4 is 27.3 Å². The number of thiazole rings is 1. The number of unbranched alkanes of at least 4 members (excludes halogenated alkanes) is 1. The summed E-state index contributed by atoms with van der Waals surface area (Å²) in [5.41, 5.74) is 20.4. The molecule has 0 spiro atoms. The lowest BCUT2D eigenvalue weighted by Gasteiger charge is -2.18. The van der Waals surface area contributed by atoms with Crippen molar-refractivity contribution in [1.29, 1.82) is 10.5 Å². The van der Waals surface area contributed by atoms with Gasteiger partial charge in [0.05, 0.1) is 11.3 Å². The van der Waals surface area contributed by atoms with E-state index in [1.54, 1.807) is 24.3 Å². The molecule has 0 bridgehead atoms. The van der Waals surface area contributed by atoms with Crippen LogP contribution in [0.3, 0.4) is 0 Å². The van der Waals surface area contributed by atoms with Crippen LogP contribution in [0.5, 0.6) is 5.75 Å². The number of nitrogens with one attached hydrogen (secondary N) is 1. The summed E-state index contributed by atoms with van der Waals surface area (Å²) < 4.78 is 10.7. The highest BCUT2D eigenvalue weighted by molar-refractivity contribution is 7.98. The fourth-order valence-corrected chi connectivity index (χ4v) is 6.56. The standard InChI is InChI=1S/C34H35ClN8O4S2.2ClH/c1-20(39)33(44)47-34(45)28(4-2-3-13-36)41-14-15-46-25-11-7-21(8-12-25)29-26(16-37)30(40)43-32(27(29)17-38)49-19-24-18-48-31(42-24)22-5-9-23(35)10-6-22;;/h5-12,18,20,28,41H,2-4,13-15,19,36,39H2,1H3,(H2,40,43);2*1H/t20-,28-;;/m0../s1. The molecule has 2 aromatic carbocycles. The second-order valence-corrected chi connectivity index (χ2v) is 13.0. The highest BCUT2D eigenvalue weighted by Crippen LogP contribution is 2.37. The number of hydrogen-bond donors (Lipinski definition) is 4. The van der Waals surface area contributed by atoms with Crippen LogP contribution in [0.2, 0.25) is 5.02 Å².